The van der Waals surface area contributed by atoms with Crippen molar-refractivity contribution in [1.29, 1.82) is 0 Å². The van der Waals surface area contributed by atoms with Crippen molar-refractivity contribution in [2.45, 2.75) is 20.5 Å². The summed E-state index contributed by atoms with van der Waals surface area (Å²) in [6.07, 6.45) is 12.8. The van der Waals surface area contributed by atoms with Gasteiger partial charge in [0.25, 0.3) is 0 Å². The first-order valence-electron chi connectivity index (χ1n) is 7.74. The third-order valence-corrected chi connectivity index (χ3v) is 3.38. The first-order valence-corrected chi connectivity index (χ1v) is 7.74. The molecule has 24 heavy (non-hydrogen) atoms. The molecule has 0 unspecified atom stereocenters. The summed E-state index contributed by atoms with van der Waals surface area (Å²) in [7, 11) is 0. The number of allylic oxidation sites excluding steroid dienone is 8. The SMILES string of the molecule is C=C/C=c1/ccc(CO/C(C)=C/C(C=C)=C(\C)C=C)n/c1=C/C=C. The van der Waals surface area contributed by atoms with Crippen LogP contribution >= 0.6 is 0 Å². The molecule has 1 rings (SSSR count). The van der Waals surface area contributed by atoms with E-state index in [4.69, 9.17) is 4.74 Å². The molecule has 0 N–H and O–H groups in total. The third kappa shape index (κ3) is 5.73. The molecule has 2 heteroatoms. The lowest BCUT2D eigenvalue weighted by molar-refractivity contribution is 0.197. The van der Waals surface area contributed by atoms with Crippen LogP contribution in [0.2, 0.25) is 0 Å². The highest BCUT2D eigenvalue weighted by Crippen LogP contribution is 2.12. The van der Waals surface area contributed by atoms with Crippen molar-refractivity contribution >= 4 is 12.2 Å². The maximum Gasteiger partial charge on any atom is 0.130 e. The number of pyridine rings is 1. The summed E-state index contributed by atoms with van der Waals surface area (Å²) in [6, 6.07) is 3.95. The normalized spacial score (nSPS) is 14.0. The van der Waals surface area contributed by atoms with Crippen LogP contribution < -0.4 is 10.6 Å². The number of ether oxygens (including phenoxy) is 1. The van der Waals surface area contributed by atoms with Gasteiger partial charge in [-0.3, -0.25) is 0 Å². The molecule has 0 amide bonds. The van der Waals surface area contributed by atoms with E-state index >= 15 is 0 Å². The molecule has 0 aliphatic carbocycles. The molecule has 1 aromatic heterocycles. The zero-order valence-electron chi connectivity index (χ0n) is 14.6. The lowest BCUT2D eigenvalue weighted by atomic mass is 10.1. The molecule has 2 nitrogen and oxygen atoms in total. The second kappa shape index (κ2) is 10.0. The maximum absolute atomic E-state index is 5.80. The number of hydrogen-bond donors (Lipinski definition) is 0. The first kappa shape index (κ1) is 19.2. The van der Waals surface area contributed by atoms with Gasteiger partial charge in [0.1, 0.15) is 6.61 Å². The molecule has 124 valence electrons. The largest absolute Gasteiger partial charge is 0.492 e. The second-order valence-electron chi connectivity index (χ2n) is 5.17. The lowest BCUT2D eigenvalue weighted by Gasteiger charge is -2.07. The van der Waals surface area contributed by atoms with Crippen molar-refractivity contribution in [3.63, 3.8) is 0 Å². The second-order valence-corrected chi connectivity index (χ2v) is 5.17. The molecule has 0 bridgehead atoms. The predicted octanol–water partition coefficient (Wildman–Crippen LogP) is 4.12. The van der Waals surface area contributed by atoms with Gasteiger partial charge in [0, 0.05) is 5.22 Å². The monoisotopic (exact) mass is 319 g/mol. The summed E-state index contributed by atoms with van der Waals surface area (Å²) < 4.78 is 5.80. The van der Waals surface area contributed by atoms with Crippen molar-refractivity contribution in [3.8, 4) is 0 Å². The molecule has 0 atom stereocenters. The summed E-state index contributed by atoms with van der Waals surface area (Å²) in [4.78, 5) is 4.60. The van der Waals surface area contributed by atoms with Crippen molar-refractivity contribution in [2.24, 2.45) is 0 Å². The fourth-order valence-corrected chi connectivity index (χ4v) is 2.02. The van der Waals surface area contributed by atoms with Crippen LogP contribution in [0, 0.1) is 0 Å². The zero-order valence-corrected chi connectivity index (χ0v) is 14.6. The van der Waals surface area contributed by atoms with Gasteiger partial charge in [0.05, 0.1) is 16.8 Å². The first-order chi connectivity index (χ1) is 11.5. The van der Waals surface area contributed by atoms with Crippen LogP contribution in [0.5, 0.6) is 0 Å². The number of rotatable bonds is 8. The van der Waals surface area contributed by atoms with Crippen LogP contribution in [0.15, 0.2) is 85.7 Å². The minimum atomic E-state index is 0.395. The molecular weight excluding hydrogens is 294 g/mol. The molecule has 0 spiro atoms. The van der Waals surface area contributed by atoms with Crippen LogP contribution in [0.4, 0.5) is 0 Å². The van der Waals surface area contributed by atoms with E-state index in [0.29, 0.717) is 6.61 Å². The Balaban J connectivity index is 3.01. The molecular formula is C22H25NO. The Hall–Kier alpha value is -2.87. The average Bonchev–Trinajstić information content (AvgIpc) is 2.59. The van der Waals surface area contributed by atoms with E-state index in [-0.39, 0.29) is 0 Å². The maximum atomic E-state index is 5.80. The molecule has 0 fully saturated rings. The number of hydrogen-bond acceptors (Lipinski definition) is 2. The van der Waals surface area contributed by atoms with Crippen LogP contribution in [0.1, 0.15) is 19.5 Å². The number of nitrogens with zero attached hydrogens (tertiary/aromatic N) is 1. The molecule has 0 aliphatic heterocycles. The van der Waals surface area contributed by atoms with Gasteiger partial charge < -0.3 is 4.74 Å². The van der Waals surface area contributed by atoms with Crippen molar-refractivity contribution in [2.75, 3.05) is 0 Å². The van der Waals surface area contributed by atoms with Gasteiger partial charge in [-0.2, -0.15) is 0 Å². The van der Waals surface area contributed by atoms with E-state index in [0.717, 1.165) is 33.2 Å². The summed E-state index contributed by atoms with van der Waals surface area (Å²) in [5.74, 6) is 0.795. The van der Waals surface area contributed by atoms with E-state index < -0.39 is 0 Å². The minimum absolute atomic E-state index is 0.395. The fourth-order valence-electron chi connectivity index (χ4n) is 2.02. The van der Waals surface area contributed by atoms with Gasteiger partial charge in [0.2, 0.25) is 0 Å². The van der Waals surface area contributed by atoms with Gasteiger partial charge >= 0.3 is 0 Å². The highest BCUT2D eigenvalue weighted by atomic mass is 16.5. The number of aromatic nitrogens is 1. The quantitative estimate of drug-likeness (QED) is 0.531. The summed E-state index contributed by atoms with van der Waals surface area (Å²) >= 11 is 0. The van der Waals surface area contributed by atoms with Gasteiger partial charge in [-0.15, -0.1) is 0 Å². The van der Waals surface area contributed by atoms with E-state index in [1.165, 1.54) is 0 Å². The Kier molecular flexibility index (Phi) is 8.00. The lowest BCUT2D eigenvalue weighted by Crippen LogP contribution is -2.28. The van der Waals surface area contributed by atoms with E-state index in [1.807, 2.05) is 44.2 Å². The van der Waals surface area contributed by atoms with E-state index in [1.54, 1.807) is 24.3 Å². The van der Waals surface area contributed by atoms with Crippen LogP contribution in [0.3, 0.4) is 0 Å². The van der Waals surface area contributed by atoms with Crippen molar-refractivity contribution in [1.82, 2.24) is 4.98 Å². The predicted molar refractivity (Wildman–Crippen MR) is 104 cm³/mol. The average molecular weight is 319 g/mol. The van der Waals surface area contributed by atoms with Crippen molar-refractivity contribution < 1.29 is 4.74 Å². The third-order valence-electron chi connectivity index (χ3n) is 3.38. The smallest absolute Gasteiger partial charge is 0.130 e. The molecule has 1 aromatic rings. The fraction of sp³-hybridized carbons (Fsp3) is 0.136. The summed E-state index contributed by atoms with van der Waals surface area (Å²) in [5.41, 5.74) is 2.90. The zero-order chi connectivity index (χ0) is 17.9. The van der Waals surface area contributed by atoms with Crippen LogP contribution in [0.25, 0.3) is 12.2 Å². The molecule has 0 aromatic carbocycles. The standard InChI is InChI=1S/C22H25NO/c1-7-11-20-13-14-21(23-22(20)12-8-2)16-24-18(6)15-19(10-4)17(5)9-3/h7-15H,1-4,16H2,5-6H3/b18-15+,19-17+,20-11-,22-12+. The van der Waals surface area contributed by atoms with Gasteiger partial charge in [-0.25, -0.2) is 4.98 Å². The summed E-state index contributed by atoms with van der Waals surface area (Å²) in [6.45, 7) is 19.3. The Morgan fingerprint density at radius 1 is 1.04 bits per heavy atom. The molecule has 0 radical (unpaired) electrons. The Morgan fingerprint density at radius 2 is 1.75 bits per heavy atom. The highest BCUT2D eigenvalue weighted by Gasteiger charge is 1.99. The summed E-state index contributed by atoms with van der Waals surface area (Å²) in [5, 5.41) is 1.85. The molecule has 0 aliphatic rings. The molecule has 1 heterocycles. The van der Waals surface area contributed by atoms with Crippen LogP contribution in [-0.4, -0.2) is 4.98 Å². The highest BCUT2D eigenvalue weighted by molar-refractivity contribution is 5.41. The molecule has 0 saturated heterocycles. The topological polar surface area (TPSA) is 22.1 Å². The van der Waals surface area contributed by atoms with E-state index in [9.17, 15) is 0 Å². The van der Waals surface area contributed by atoms with Gasteiger partial charge in [-0.05, 0) is 43.2 Å². The van der Waals surface area contributed by atoms with E-state index in [2.05, 4.69) is 31.3 Å². The Bertz CT molecular complexity index is 807. The minimum Gasteiger partial charge on any atom is -0.492 e. The van der Waals surface area contributed by atoms with Gasteiger partial charge in [0.15, 0.2) is 0 Å². The Labute approximate surface area is 144 Å². The van der Waals surface area contributed by atoms with Gasteiger partial charge in [-0.1, -0.05) is 62.8 Å². The molecule has 0 saturated carbocycles. The van der Waals surface area contributed by atoms with Crippen LogP contribution in [-0.2, 0) is 11.3 Å². The Morgan fingerprint density at radius 3 is 2.33 bits per heavy atom. The van der Waals surface area contributed by atoms with Crippen molar-refractivity contribution in [3.05, 3.63) is 102 Å².